The number of aliphatic carboxylic acids is 1. The van der Waals surface area contributed by atoms with E-state index in [1.807, 2.05) is 0 Å². The number of ether oxygens (including phenoxy) is 4. The Morgan fingerprint density at radius 3 is 2.19 bits per heavy atom. The van der Waals surface area contributed by atoms with E-state index in [0.717, 1.165) is 51.4 Å². The lowest BCUT2D eigenvalue weighted by Crippen LogP contribution is -2.67. The molecule has 6 fully saturated rings. The molecule has 4 saturated carbocycles. The molecule has 2 heterocycles. The lowest BCUT2D eigenvalue weighted by Gasteiger charge is -2.71. The van der Waals surface area contributed by atoms with Crippen molar-refractivity contribution in [1.29, 1.82) is 0 Å². The van der Waals surface area contributed by atoms with Crippen molar-refractivity contribution in [3.63, 3.8) is 0 Å². The second-order valence-electron chi connectivity index (χ2n) is 20.1. The summed E-state index contributed by atoms with van der Waals surface area (Å²) in [5, 5.41) is 84.7. The minimum Gasteiger partial charge on any atom is -0.481 e. The van der Waals surface area contributed by atoms with Crippen molar-refractivity contribution in [1.82, 2.24) is 0 Å². The van der Waals surface area contributed by atoms with Gasteiger partial charge in [-0.1, -0.05) is 53.2 Å². The summed E-state index contributed by atoms with van der Waals surface area (Å²) < 4.78 is 24.1. The van der Waals surface area contributed by atoms with Crippen molar-refractivity contribution in [2.75, 3.05) is 19.8 Å². The first-order chi connectivity index (χ1) is 25.2. The van der Waals surface area contributed by atoms with E-state index in [4.69, 9.17) is 18.9 Å². The van der Waals surface area contributed by atoms with E-state index in [1.165, 1.54) is 5.57 Å². The fourth-order valence-corrected chi connectivity index (χ4v) is 13.4. The highest BCUT2D eigenvalue weighted by Gasteiger charge is 2.70. The molecule has 0 aromatic rings. The maximum atomic E-state index is 13.0. The molecule has 308 valence electrons. The van der Waals surface area contributed by atoms with Gasteiger partial charge in [0.2, 0.25) is 0 Å². The first-order valence-electron chi connectivity index (χ1n) is 20.4. The Hall–Kier alpha value is -1.23. The summed E-state index contributed by atoms with van der Waals surface area (Å²) in [5.74, 6) is -0.265. The Labute approximate surface area is 319 Å². The van der Waals surface area contributed by atoms with Gasteiger partial charge in [0.05, 0.1) is 31.3 Å². The molecule has 2 saturated heterocycles. The van der Waals surface area contributed by atoms with Crippen molar-refractivity contribution in [2.45, 2.75) is 167 Å². The Morgan fingerprint density at radius 2 is 1.52 bits per heavy atom. The predicted molar refractivity (Wildman–Crippen MR) is 193 cm³/mol. The first kappa shape index (κ1) is 40.9. The molecule has 5 aliphatic carbocycles. The van der Waals surface area contributed by atoms with Crippen LogP contribution < -0.4 is 0 Å². The zero-order chi connectivity index (χ0) is 39.4. The normalized spacial score (nSPS) is 54.3. The summed E-state index contributed by atoms with van der Waals surface area (Å²) in [6, 6.07) is 0. The van der Waals surface area contributed by atoms with Gasteiger partial charge in [0, 0.05) is 5.41 Å². The van der Waals surface area contributed by atoms with Crippen molar-refractivity contribution < 1.29 is 64.6 Å². The zero-order valence-corrected chi connectivity index (χ0v) is 32.9. The molecule has 13 heteroatoms. The Kier molecular flexibility index (Phi) is 10.6. The number of aliphatic hydroxyl groups excluding tert-OH is 7. The van der Waals surface area contributed by atoms with Crippen LogP contribution in [0.3, 0.4) is 0 Å². The number of rotatable bonds is 7. The summed E-state index contributed by atoms with van der Waals surface area (Å²) in [4.78, 5) is 13.0. The van der Waals surface area contributed by atoms with E-state index in [2.05, 4.69) is 47.6 Å². The fourth-order valence-electron chi connectivity index (χ4n) is 13.4. The van der Waals surface area contributed by atoms with Gasteiger partial charge in [0.1, 0.15) is 42.7 Å². The van der Waals surface area contributed by atoms with E-state index in [-0.39, 0.29) is 46.7 Å². The lowest BCUT2D eigenvalue weighted by atomic mass is 9.33. The predicted octanol–water partition coefficient (Wildman–Crippen LogP) is 2.49. The Balaban J connectivity index is 1.15. The van der Waals surface area contributed by atoms with Crippen LogP contribution >= 0.6 is 0 Å². The molecule has 0 unspecified atom stereocenters. The molecule has 0 bridgehead atoms. The Bertz CT molecular complexity index is 1450. The maximum absolute atomic E-state index is 13.0. The van der Waals surface area contributed by atoms with Crippen LogP contribution in [-0.2, 0) is 23.7 Å². The quantitative estimate of drug-likeness (QED) is 0.138. The Morgan fingerprint density at radius 1 is 0.815 bits per heavy atom. The van der Waals surface area contributed by atoms with Crippen LogP contribution in [0.5, 0.6) is 0 Å². The minimum absolute atomic E-state index is 0.0233. The highest BCUT2D eigenvalue weighted by Crippen LogP contribution is 2.76. The number of carbonyl (C=O) groups is 1. The molecule has 18 atom stereocenters. The summed E-state index contributed by atoms with van der Waals surface area (Å²) in [5.41, 5.74) is -0.367. The van der Waals surface area contributed by atoms with Gasteiger partial charge in [0.25, 0.3) is 0 Å². The molecule has 54 heavy (non-hydrogen) atoms. The molecular formula is C41H66O13. The van der Waals surface area contributed by atoms with E-state index in [1.54, 1.807) is 0 Å². The third-order valence-corrected chi connectivity index (χ3v) is 17.0. The zero-order valence-electron chi connectivity index (χ0n) is 32.9. The first-order valence-corrected chi connectivity index (χ1v) is 20.4. The smallest absolute Gasteiger partial charge is 0.310 e. The monoisotopic (exact) mass is 766 g/mol. The van der Waals surface area contributed by atoms with Crippen molar-refractivity contribution in [3.05, 3.63) is 11.6 Å². The molecule has 8 N–H and O–H groups in total. The van der Waals surface area contributed by atoms with Gasteiger partial charge in [-0.25, -0.2) is 0 Å². The molecule has 13 nitrogen and oxygen atoms in total. The number of hydrogen-bond acceptors (Lipinski definition) is 12. The number of allylic oxidation sites excluding steroid dienone is 2. The van der Waals surface area contributed by atoms with E-state index < -0.39 is 84.8 Å². The molecule has 7 rings (SSSR count). The van der Waals surface area contributed by atoms with Gasteiger partial charge in [-0.2, -0.15) is 0 Å². The van der Waals surface area contributed by atoms with Crippen molar-refractivity contribution >= 4 is 5.97 Å². The van der Waals surface area contributed by atoms with Crippen LogP contribution in [0, 0.1) is 50.2 Å². The van der Waals surface area contributed by atoms with E-state index in [9.17, 15) is 45.6 Å². The summed E-state index contributed by atoms with van der Waals surface area (Å²) >= 11 is 0. The van der Waals surface area contributed by atoms with E-state index >= 15 is 0 Å². The highest BCUT2D eigenvalue weighted by atomic mass is 16.8. The average Bonchev–Trinajstić information content (AvgIpc) is 3.12. The van der Waals surface area contributed by atoms with Crippen LogP contribution in [0.2, 0.25) is 0 Å². The molecule has 0 aromatic heterocycles. The molecule has 2 aliphatic heterocycles. The van der Waals surface area contributed by atoms with Gasteiger partial charge < -0.3 is 59.8 Å². The maximum Gasteiger partial charge on any atom is 0.310 e. The number of hydrogen-bond donors (Lipinski definition) is 8. The van der Waals surface area contributed by atoms with Crippen molar-refractivity contribution in [3.8, 4) is 0 Å². The summed E-state index contributed by atoms with van der Waals surface area (Å²) in [7, 11) is 0. The van der Waals surface area contributed by atoms with Crippen LogP contribution in [0.4, 0.5) is 0 Å². The largest absolute Gasteiger partial charge is 0.481 e. The van der Waals surface area contributed by atoms with Crippen LogP contribution in [0.1, 0.15) is 106 Å². The van der Waals surface area contributed by atoms with Gasteiger partial charge in [-0.05, 0) is 104 Å². The third kappa shape index (κ3) is 5.92. The lowest BCUT2D eigenvalue weighted by molar-refractivity contribution is -0.368. The average molecular weight is 767 g/mol. The molecule has 7 aliphatic rings. The topological polar surface area (TPSA) is 216 Å². The number of aliphatic hydroxyl groups is 7. The van der Waals surface area contributed by atoms with Gasteiger partial charge in [0.15, 0.2) is 12.6 Å². The fraction of sp³-hybridized carbons (Fsp3) is 0.927. The van der Waals surface area contributed by atoms with Gasteiger partial charge in [-0.3, -0.25) is 4.79 Å². The minimum atomic E-state index is -1.73. The molecule has 0 radical (unpaired) electrons. The summed E-state index contributed by atoms with van der Waals surface area (Å²) in [6.07, 6.45) is -3.32. The van der Waals surface area contributed by atoms with Crippen LogP contribution in [0.25, 0.3) is 0 Å². The SMILES string of the molecule is CC1(C)CC[C@]2(C(=O)O)CC[C@]3(C)C(=CC[C@@H]4[C@@]5(C)CC[C@H](O[C@H]6OC[C@H](O)[C@H](O)[C@H]6O[C@@H]6O[C@H](CO)[C@@H](O)[C@H](O)[C@H]6O)[C@@](C)(CO)[C@@H]5CC[C@]43C)[C@@H]2C1. The van der Waals surface area contributed by atoms with Crippen LogP contribution in [-0.4, -0.2) is 128 Å². The molecular weight excluding hydrogens is 700 g/mol. The van der Waals surface area contributed by atoms with Crippen LogP contribution in [0.15, 0.2) is 11.6 Å². The number of carboxylic acid groups (broad SMARTS) is 1. The third-order valence-electron chi connectivity index (χ3n) is 17.0. The van der Waals surface area contributed by atoms with E-state index in [0.29, 0.717) is 18.8 Å². The second kappa shape index (κ2) is 14.0. The molecule has 0 amide bonds. The highest BCUT2D eigenvalue weighted by molar-refractivity contribution is 5.76. The molecule has 0 spiro atoms. The number of fused-ring (bicyclic) bond motifs is 7. The summed E-state index contributed by atoms with van der Waals surface area (Å²) in [6.45, 7) is 12.8. The number of carboxylic acids is 1. The van der Waals surface area contributed by atoms with Gasteiger partial charge >= 0.3 is 5.97 Å². The van der Waals surface area contributed by atoms with Crippen molar-refractivity contribution in [2.24, 2.45) is 50.2 Å². The standard InChI is InChI=1S/C41H66O13/c1-36(2)13-15-41(35(49)50)16-14-39(5)21(22(41)17-36)7-8-26-37(3)11-10-27(38(4,20-43)25(37)9-12-40(26,39)6)53-34-32(28(45)23(44)19-51-34)54-33-31(48)30(47)29(46)24(18-42)52-33/h7,22-34,42-48H,8-20H2,1-6H3,(H,49,50)/t22-,23-,24+,25+,26+,27-,28-,29+,30-,31+,32+,33-,34+,37-,38-,39+,40+,41-/m0/s1. The molecule has 0 aromatic carbocycles. The second-order valence-corrected chi connectivity index (χ2v) is 20.1. The van der Waals surface area contributed by atoms with Gasteiger partial charge in [-0.15, -0.1) is 0 Å².